The number of nitrogens with zero attached hydrogens (tertiary/aromatic N) is 3. The van der Waals surface area contributed by atoms with Gasteiger partial charge in [0.2, 0.25) is 94.5 Å². The van der Waals surface area contributed by atoms with Gasteiger partial charge in [-0.25, -0.2) is 4.98 Å². The highest BCUT2D eigenvalue weighted by Crippen LogP contribution is 2.28. The molecule has 1 saturated heterocycles. The van der Waals surface area contributed by atoms with Crippen LogP contribution in [0.25, 0.3) is 21.8 Å². The summed E-state index contributed by atoms with van der Waals surface area (Å²) in [7, 11) is 6.20. The van der Waals surface area contributed by atoms with Gasteiger partial charge < -0.3 is 121 Å². The first-order valence-electron chi connectivity index (χ1n) is 42.2. The first kappa shape index (κ1) is 103. The molecule has 7 rings (SSSR count). The van der Waals surface area contributed by atoms with Gasteiger partial charge in [-0.05, 0) is 84.9 Å². The number of methoxy groups -OCH3 is 1. The van der Waals surface area contributed by atoms with Crippen LogP contribution in [0.1, 0.15) is 123 Å². The average Bonchev–Trinajstić information content (AvgIpc) is 1.64. The van der Waals surface area contributed by atoms with E-state index in [0.29, 0.717) is 50.7 Å². The molecule has 700 valence electrons. The normalized spacial score (nSPS) is 21.5. The molecule has 6 aromatic rings. The second-order valence-electron chi connectivity index (χ2n) is 32.1. The van der Waals surface area contributed by atoms with Crippen molar-refractivity contribution in [3.63, 3.8) is 0 Å². The van der Waals surface area contributed by atoms with E-state index in [-0.39, 0.29) is 57.2 Å². The van der Waals surface area contributed by atoms with Gasteiger partial charge >= 0.3 is 5.97 Å². The number of hydrogen-bond acceptors (Lipinski definition) is 22. The van der Waals surface area contributed by atoms with Gasteiger partial charge in [0, 0.05) is 117 Å². The van der Waals surface area contributed by atoms with Crippen molar-refractivity contribution in [3.8, 4) is 5.75 Å². The summed E-state index contributed by atoms with van der Waals surface area (Å²) in [5, 5.41) is 55.8. The van der Waals surface area contributed by atoms with E-state index in [0.717, 1.165) is 26.5 Å². The van der Waals surface area contributed by atoms with Gasteiger partial charge in [-0.3, -0.25) is 86.9 Å². The van der Waals surface area contributed by atoms with Crippen LogP contribution in [0.5, 0.6) is 5.75 Å². The number of H-pyrrole nitrogens is 2. The van der Waals surface area contributed by atoms with Crippen LogP contribution in [0.3, 0.4) is 0 Å². The molecule has 0 unspecified atom stereocenters. The monoisotopic (exact) mass is 1830 g/mol. The number of aromatic nitrogens is 4. The van der Waals surface area contributed by atoms with E-state index >= 15 is 28.8 Å². The molecule has 0 spiro atoms. The number of carboxylic acids is 1. The standard InChI is InChI=1S/C85H119N23O19S2/c1-12-44(5)70(106-80(122)58(96-47(8)109)31-48-24-26-52(127-11)27-25-48)83(125)103-63-40-128-129-41-64(84(126)108(10)71(72(87)114)45(6)13-2)104-75(117)56(22-18-30-91-85(88)89)97-78(120)61(34-51-37-90-42-94-51)99-73(115)46(7)95-67(111)38-93-74(116)59(32-49-36-92-55-21-16-14-19-53(49)55)100-79(121)62(35-68(112)113)101-76(118)57(28-29-66(86)110)98-77(119)60(102-82(124)69(43(3)4)105-81(63)123)33-50-39-107(9)65-23-17-15-20-54(50)65/h14-17,19-21,23-27,36-37,39,42-46,56-64,69-71,92H,12-13,18,22,28-35,38,40-41H2,1-11H3,(H2,86,110)(H2,87,114)(H,90,94)(H,93,116)(H,95,111)(H,96,109)(H,97,120)(H,98,119)(H,99,115)(H,100,121)(H,101,118)(H,102,124)(H,103,125)(H,104,117)(H,105,123)(H,106,122)(H,112,113)(H4,88,89,91)/t44-,45-,46-,56-,57-,58+,59-,60-,61-,62-,63-,64-,69-,70-,71-/m0/s1. The number of aromatic amines is 2. The molecule has 3 aromatic carbocycles. The van der Waals surface area contributed by atoms with Gasteiger partial charge in [0.25, 0.3) is 0 Å². The van der Waals surface area contributed by atoms with E-state index in [1.165, 1.54) is 46.7 Å². The van der Waals surface area contributed by atoms with Gasteiger partial charge in [0.15, 0.2) is 5.96 Å². The van der Waals surface area contributed by atoms with Crippen molar-refractivity contribution in [3.05, 3.63) is 120 Å². The number of fused-ring (bicyclic) bond motifs is 2. The first-order valence-corrected chi connectivity index (χ1v) is 44.6. The summed E-state index contributed by atoms with van der Waals surface area (Å²) in [6.07, 6.45) is 2.68. The number of carboxylic acid groups (broad SMARTS) is 1. The van der Waals surface area contributed by atoms with Crippen LogP contribution < -0.4 is 96.4 Å². The number of para-hydroxylation sites is 2. The molecule has 44 heteroatoms. The molecule has 42 nitrogen and oxygen atoms in total. The maximum atomic E-state index is 15.6. The number of rotatable bonds is 31. The number of benzene rings is 3. The summed E-state index contributed by atoms with van der Waals surface area (Å²) < 4.78 is 7.05. The number of imidazole rings is 1. The number of carbonyl (C=O) groups excluding carboxylic acids is 16. The third kappa shape index (κ3) is 31.0. The molecular weight excluding hydrogens is 1710 g/mol. The molecule has 3 aromatic heterocycles. The Morgan fingerprint density at radius 1 is 0.651 bits per heavy atom. The third-order valence-electron chi connectivity index (χ3n) is 21.9. The van der Waals surface area contributed by atoms with Crippen LogP contribution in [0.15, 0.2) is 97.7 Å². The zero-order valence-corrected chi connectivity index (χ0v) is 75.4. The lowest BCUT2D eigenvalue weighted by molar-refractivity contribution is -0.142. The lowest BCUT2D eigenvalue weighted by Gasteiger charge is -2.33. The number of nitrogens with two attached hydrogens (primary N) is 3. The number of likely N-dealkylation sites (N-methyl/N-ethyl adjacent to an activating group) is 1. The van der Waals surface area contributed by atoms with E-state index < -0.39 is 240 Å². The lowest BCUT2D eigenvalue weighted by atomic mass is 9.96. The second-order valence-corrected chi connectivity index (χ2v) is 34.6. The number of aryl methyl sites for hydroxylation is 1. The van der Waals surface area contributed by atoms with Crippen LogP contribution in [0.2, 0.25) is 0 Å². The molecule has 0 saturated carbocycles. The maximum absolute atomic E-state index is 15.6. The molecule has 15 atom stereocenters. The largest absolute Gasteiger partial charge is 0.497 e. The Bertz CT molecular complexity index is 4990. The fourth-order valence-corrected chi connectivity index (χ4v) is 16.7. The van der Waals surface area contributed by atoms with E-state index in [9.17, 15) is 57.8 Å². The van der Waals surface area contributed by atoms with Crippen molar-refractivity contribution >= 4 is 150 Å². The van der Waals surface area contributed by atoms with E-state index in [1.54, 1.807) is 132 Å². The number of hydrogen-bond donors (Lipinski definition) is 21. The smallest absolute Gasteiger partial charge is 0.305 e. The Balaban J connectivity index is 1.37. The average molecular weight is 1830 g/mol. The van der Waals surface area contributed by atoms with Crippen molar-refractivity contribution in [2.45, 2.75) is 205 Å². The minimum absolute atomic E-state index is 0.00634. The summed E-state index contributed by atoms with van der Waals surface area (Å²) in [6.45, 7) is 11.4. The van der Waals surface area contributed by atoms with Crippen molar-refractivity contribution in [2.24, 2.45) is 42.0 Å². The molecule has 0 radical (unpaired) electrons. The molecule has 0 bridgehead atoms. The van der Waals surface area contributed by atoms with Gasteiger partial charge in [-0.1, -0.05) is 125 Å². The highest BCUT2D eigenvalue weighted by molar-refractivity contribution is 8.76. The Hall–Kier alpha value is -13.3. The van der Waals surface area contributed by atoms with Crippen LogP contribution in [0, 0.1) is 23.2 Å². The Morgan fingerprint density at radius 3 is 1.85 bits per heavy atom. The Kier molecular flexibility index (Phi) is 39.6. The van der Waals surface area contributed by atoms with Gasteiger partial charge in [-0.2, -0.15) is 0 Å². The third-order valence-corrected chi connectivity index (χ3v) is 24.3. The molecule has 16 amide bonds. The van der Waals surface area contributed by atoms with Gasteiger partial charge in [0.1, 0.15) is 84.3 Å². The molecule has 129 heavy (non-hydrogen) atoms. The molecule has 1 aliphatic rings. The lowest BCUT2D eigenvalue weighted by Crippen LogP contribution is -2.62. The number of aliphatic carboxylic acids is 1. The summed E-state index contributed by atoms with van der Waals surface area (Å²) in [5.74, 6) is -20.5. The molecule has 24 N–H and O–H groups in total. The number of nitrogens with one attached hydrogen (secondary N) is 17. The van der Waals surface area contributed by atoms with Crippen molar-refractivity contribution in [1.82, 2.24) is 98.9 Å². The predicted octanol–water partition coefficient (Wildman–Crippen LogP) is -1.91. The van der Waals surface area contributed by atoms with Crippen LogP contribution in [0.4, 0.5) is 0 Å². The number of carbonyl (C=O) groups is 17. The van der Waals surface area contributed by atoms with Crippen LogP contribution in [-0.2, 0) is 114 Å². The zero-order chi connectivity index (χ0) is 95.0. The van der Waals surface area contributed by atoms with E-state index in [2.05, 4.69) is 89.4 Å². The molecule has 1 fully saturated rings. The minimum atomic E-state index is -2.08. The fraction of sp³-hybridized carbons (Fsp3) is 0.494. The van der Waals surface area contributed by atoms with Crippen molar-refractivity contribution < 1.29 is 91.4 Å². The quantitative estimate of drug-likeness (QED) is 0.00978. The number of ether oxygens (including phenoxy) is 1. The number of primary amides is 2. The minimum Gasteiger partial charge on any atom is -0.497 e. The van der Waals surface area contributed by atoms with Crippen molar-refractivity contribution in [2.75, 3.05) is 38.8 Å². The molecule has 1 aliphatic heterocycles. The van der Waals surface area contributed by atoms with E-state index in [1.807, 2.05) is 0 Å². The Labute approximate surface area is 752 Å². The summed E-state index contributed by atoms with van der Waals surface area (Å²) in [6, 6.07) is -0.588. The number of guanidine groups is 1. The van der Waals surface area contributed by atoms with Gasteiger partial charge in [-0.15, -0.1) is 0 Å². The van der Waals surface area contributed by atoms with Gasteiger partial charge in [0.05, 0.1) is 26.4 Å². The summed E-state index contributed by atoms with van der Waals surface area (Å²) in [4.78, 5) is 257. The zero-order valence-electron chi connectivity index (χ0n) is 73.8. The topological polar surface area (TPSA) is 643 Å². The fourth-order valence-electron chi connectivity index (χ4n) is 14.4. The second kappa shape index (κ2) is 49.7. The van der Waals surface area contributed by atoms with Crippen molar-refractivity contribution in [1.29, 1.82) is 5.41 Å². The molecule has 4 heterocycles. The number of amides is 16. The predicted molar refractivity (Wildman–Crippen MR) is 479 cm³/mol. The van der Waals surface area contributed by atoms with Crippen LogP contribution >= 0.6 is 21.6 Å². The van der Waals surface area contributed by atoms with Crippen LogP contribution in [-0.4, -0.2) is 253 Å². The highest BCUT2D eigenvalue weighted by atomic mass is 33.1. The first-order chi connectivity index (χ1) is 61.2. The van der Waals surface area contributed by atoms with E-state index in [4.69, 9.17) is 27.3 Å². The highest BCUT2D eigenvalue weighted by Gasteiger charge is 2.41. The maximum Gasteiger partial charge on any atom is 0.305 e. The molecular formula is C85H119N23O19S2. The SMILES string of the molecule is CC[C@H](C)[C@H](NC(=O)[C@@H](Cc1ccc(OC)cc1)NC(C)=O)C(=O)N[C@H]1CSSC[C@@H](C(=O)N(C)[C@H](C(N)=O)[C@@H](C)CC)NC(=O)[C@H](CCCNC(=N)N)NC(=O)[C@H](Cc2cnc[nH]2)NC(=O)[C@H](C)NC(=O)CNC(=O)[C@H](Cc2c[nH]c3ccccc23)NC(=O)[C@H](CC(=O)O)NC(=O)[C@H](CCC(N)=O)NC(=O)[C@H](Cc2cn(C)c3ccccc23)NC(=O)[C@H](C(C)C)NC1=O. The Morgan fingerprint density at radius 2 is 1.23 bits per heavy atom. The summed E-state index contributed by atoms with van der Waals surface area (Å²) in [5.41, 5.74) is 20.3. The summed E-state index contributed by atoms with van der Waals surface area (Å²) >= 11 is 0. The molecule has 0 aliphatic carbocycles.